The first-order chi connectivity index (χ1) is 35.7. The zero-order chi connectivity index (χ0) is 53.8. The largest absolute Gasteiger partial charge is 0.505 e. The predicted molar refractivity (Wildman–Crippen MR) is 301 cm³/mol. The summed E-state index contributed by atoms with van der Waals surface area (Å²) in [5.74, 6) is 0.579. The number of imidazole rings is 2. The fourth-order valence-corrected chi connectivity index (χ4v) is 10.6. The number of benzene rings is 4. The van der Waals surface area contributed by atoms with Crippen LogP contribution in [0.2, 0.25) is 51.4 Å². The van der Waals surface area contributed by atoms with Gasteiger partial charge in [0.15, 0.2) is 23.2 Å². The molecule has 0 radical (unpaired) electrons. The second-order valence-corrected chi connectivity index (χ2v) is 33.6. The first kappa shape index (κ1) is 54.9. The highest BCUT2D eigenvalue weighted by molar-refractivity contribution is 6.76. The SMILES string of the molecule is CCc1cc(C)c(F)cc1-c1ccc2c(-c3nc(CNC)cn3COCC[Si](C)(C)C)nn(COCC[Si](C)(C)C)c2c1.CCc1cc(O)c(F)cc1-c1ccc2c(-c3ncc(CN(C)C(=O)C4CC4)[nH]3)n[nH]c2c1. The molecular weight excluding hydrogens is 983 g/mol. The quantitative estimate of drug-likeness (QED) is 0.0405. The van der Waals surface area contributed by atoms with Crippen LogP contribution in [0.3, 0.4) is 0 Å². The maximum absolute atomic E-state index is 14.7. The highest BCUT2D eigenvalue weighted by Crippen LogP contribution is 2.36. The lowest BCUT2D eigenvalue weighted by atomic mass is 9.95. The number of nitrogens with zero attached hydrogens (tertiary/aromatic N) is 7. The van der Waals surface area contributed by atoms with Gasteiger partial charge in [0.2, 0.25) is 5.91 Å². The number of halogens is 2. The van der Waals surface area contributed by atoms with Crippen LogP contribution in [0.4, 0.5) is 8.78 Å². The molecule has 8 aromatic rings. The van der Waals surface area contributed by atoms with Crippen LogP contribution in [-0.2, 0) is 53.7 Å². The van der Waals surface area contributed by atoms with Crippen molar-refractivity contribution in [1.82, 2.24) is 49.7 Å². The van der Waals surface area contributed by atoms with Crippen molar-refractivity contribution in [3.05, 3.63) is 113 Å². The number of H-pyrrole nitrogens is 2. The number of aryl methyl sites for hydroxylation is 3. The number of rotatable bonds is 21. The van der Waals surface area contributed by atoms with Gasteiger partial charge in [-0.25, -0.2) is 23.4 Å². The van der Waals surface area contributed by atoms with Crippen LogP contribution in [0.5, 0.6) is 5.75 Å². The van der Waals surface area contributed by atoms with Crippen LogP contribution in [0.25, 0.3) is 67.1 Å². The lowest BCUT2D eigenvalue weighted by Crippen LogP contribution is -2.27. The molecule has 14 nitrogen and oxygen atoms in total. The van der Waals surface area contributed by atoms with E-state index in [9.17, 15) is 18.7 Å². The fraction of sp³-hybridized carbons (Fsp3) is 0.421. The molecule has 0 bridgehead atoms. The summed E-state index contributed by atoms with van der Waals surface area (Å²) in [4.78, 5) is 26.6. The van der Waals surface area contributed by atoms with Crippen molar-refractivity contribution < 1.29 is 28.2 Å². The molecule has 0 spiro atoms. The Morgan fingerprint density at radius 1 is 0.853 bits per heavy atom. The number of ether oxygens (including phenoxy) is 2. The summed E-state index contributed by atoms with van der Waals surface area (Å²) in [5, 5.41) is 27.3. The molecule has 0 aliphatic heterocycles. The molecule has 4 aromatic carbocycles. The number of hydrogen-bond donors (Lipinski definition) is 4. The lowest BCUT2D eigenvalue weighted by Gasteiger charge is -2.16. The Hall–Kier alpha value is -6.32. The summed E-state index contributed by atoms with van der Waals surface area (Å²) in [6, 6.07) is 20.7. The number of amides is 1. The van der Waals surface area contributed by atoms with E-state index in [4.69, 9.17) is 19.6 Å². The van der Waals surface area contributed by atoms with E-state index in [1.54, 1.807) is 17.2 Å². The molecule has 398 valence electrons. The molecule has 4 aromatic heterocycles. The third kappa shape index (κ3) is 13.4. The number of fused-ring (bicyclic) bond motifs is 2. The molecule has 4 N–H and O–H groups in total. The van der Waals surface area contributed by atoms with E-state index < -0.39 is 22.0 Å². The van der Waals surface area contributed by atoms with Crippen molar-refractivity contribution in [3.63, 3.8) is 0 Å². The molecule has 1 fully saturated rings. The van der Waals surface area contributed by atoms with Crippen LogP contribution in [0.15, 0.2) is 73.1 Å². The molecule has 0 atom stereocenters. The number of aromatic hydroxyl groups is 1. The van der Waals surface area contributed by atoms with Crippen molar-refractivity contribution in [2.24, 2.45) is 5.92 Å². The molecule has 1 aliphatic rings. The number of phenols is 1. The number of phenolic OH excluding ortho intramolecular Hbond substituents is 1. The van der Waals surface area contributed by atoms with Gasteiger partial charge >= 0.3 is 0 Å². The first-order valence-corrected chi connectivity index (χ1v) is 33.6. The number of nitrogens with one attached hydrogen (secondary N) is 3. The zero-order valence-corrected chi connectivity index (χ0v) is 47.5. The summed E-state index contributed by atoms with van der Waals surface area (Å²) in [6.45, 7) is 23.3. The Kier molecular flexibility index (Phi) is 17.1. The summed E-state index contributed by atoms with van der Waals surface area (Å²) in [6.07, 6.45) is 7.23. The van der Waals surface area contributed by atoms with E-state index in [0.29, 0.717) is 56.7 Å². The van der Waals surface area contributed by atoms with Gasteiger partial charge in [-0.2, -0.15) is 10.2 Å². The Balaban J connectivity index is 0.000000207. The average Bonchev–Trinajstić information content (AvgIpc) is 3.61. The Morgan fingerprint density at radius 3 is 2.15 bits per heavy atom. The number of aromatic amines is 2. The van der Waals surface area contributed by atoms with E-state index >= 15 is 0 Å². The van der Waals surface area contributed by atoms with E-state index in [0.717, 1.165) is 116 Å². The number of carbonyl (C=O) groups excluding carboxylic acids is 1. The second-order valence-electron chi connectivity index (χ2n) is 22.3. The minimum atomic E-state index is -1.23. The van der Waals surface area contributed by atoms with Gasteiger partial charge in [-0.05, 0) is 133 Å². The van der Waals surface area contributed by atoms with E-state index in [-0.39, 0.29) is 23.4 Å². The predicted octanol–water partition coefficient (Wildman–Crippen LogP) is 12.3. The number of hydrogen-bond acceptors (Lipinski definition) is 9. The minimum Gasteiger partial charge on any atom is -0.505 e. The minimum absolute atomic E-state index is 0.177. The molecule has 1 aliphatic carbocycles. The Morgan fingerprint density at radius 2 is 1.49 bits per heavy atom. The monoisotopic (exact) mass is 1060 g/mol. The van der Waals surface area contributed by atoms with E-state index in [1.165, 1.54) is 12.1 Å². The van der Waals surface area contributed by atoms with Crippen LogP contribution in [0, 0.1) is 24.5 Å². The van der Waals surface area contributed by atoms with Crippen molar-refractivity contribution in [2.45, 2.75) is 124 Å². The summed E-state index contributed by atoms with van der Waals surface area (Å²) in [5.41, 5.74) is 11.1. The first-order valence-electron chi connectivity index (χ1n) is 26.2. The topological polar surface area (TPSA) is 164 Å². The lowest BCUT2D eigenvalue weighted by molar-refractivity contribution is -0.131. The number of aromatic nitrogens is 8. The van der Waals surface area contributed by atoms with Gasteiger partial charge in [-0.15, -0.1) is 0 Å². The Labute approximate surface area is 441 Å². The normalized spacial score (nSPS) is 13.0. The van der Waals surface area contributed by atoms with Crippen molar-refractivity contribution in [3.8, 4) is 51.0 Å². The van der Waals surface area contributed by atoms with Crippen molar-refractivity contribution in [2.75, 3.05) is 27.3 Å². The van der Waals surface area contributed by atoms with Gasteiger partial charge in [-0.1, -0.05) is 71.3 Å². The average molecular weight is 1060 g/mol. The molecule has 1 amide bonds. The zero-order valence-electron chi connectivity index (χ0n) is 45.5. The maximum Gasteiger partial charge on any atom is 0.225 e. The van der Waals surface area contributed by atoms with Crippen LogP contribution in [-0.4, -0.2) is 98.9 Å². The highest BCUT2D eigenvalue weighted by Gasteiger charge is 2.32. The van der Waals surface area contributed by atoms with Gasteiger partial charge in [-0.3, -0.25) is 9.89 Å². The molecule has 4 heterocycles. The molecule has 18 heteroatoms. The molecule has 9 rings (SSSR count). The van der Waals surface area contributed by atoms with Gasteiger partial charge in [0, 0.05) is 65.8 Å². The third-order valence-corrected chi connectivity index (χ3v) is 17.1. The number of carbonyl (C=O) groups is 1. The standard InChI is InChI=1S/C33H50FN5O2Si2.C24H24FN5O2/c1-10-25-17-24(2)30(34)19-29(25)26-11-12-28-31(18-26)39(23-41-14-16-43(7,8)9)37-32(28)33-36-27(20-35-3)21-38(33)22-40-13-15-42(4,5)6;1-3-13-9-21(31)19(25)10-18(13)15-6-7-17-20(8-15)28-29-22(17)23-26-11-16(27-23)12-30(2)24(32)14-4-5-14/h11-12,17-19,21,35H,10,13-16,20,22-23H2,1-9H3;6-11,14,31H,3-5,12H2,1-2H3,(H,26,27)(H,28,29). The van der Waals surface area contributed by atoms with Crippen molar-refractivity contribution >= 4 is 43.9 Å². The molecule has 0 saturated heterocycles. The molecule has 1 saturated carbocycles. The molecule has 0 unspecified atom stereocenters. The maximum atomic E-state index is 14.7. The fourth-order valence-electron chi connectivity index (χ4n) is 9.07. The van der Waals surface area contributed by atoms with E-state index in [2.05, 4.69) is 94.5 Å². The highest BCUT2D eigenvalue weighted by atomic mass is 28.3. The summed E-state index contributed by atoms with van der Waals surface area (Å²) >= 11 is 0. The van der Waals surface area contributed by atoms with Gasteiger partial charge < -0.3 is 34.3 Å². The van der Waals surface area contributed by atoms with Crippen molar-refractivity contribution in [1.29, 1.82) is 0 Å². The van der Waals surface area contributed by atoms with Crippen LogP contribution < -0.4 is 5.32 Å². The van der Waals surface area contributed by atoms with Gasteiger partial charge in [0.1, 0.15) is 30.7 Å². The van der Waals surface area contributed by atoms with Crippen LogP contribution in [0.1, 0.15) is 54.8 Å². The molecular formula is C57H74F2N10O4Si2. The van der Waals surface area contributed by atoms with Gasteiger partial charge in [0.25, 0.3) is 0 Å². The summed E-state index contributed by atoms with van der Waals surface area (Å²) in [7, 11) is 1.30. The Bertz CT molecular complexity index is 3290. The van der Waals surface area contributed by atoms with Gasteiger partial charge in [0.05, 0.1) is 35.2 Å². The van der Waals surface area contributed by atoms with E-state index in [1.807, 2.05) is 63.1 Å². The van der Waals surface area contributed by atoms with Crippen LogP contribution >= 0.6 is 0 Å². The summed E-state index contributed by atoms with van der Waals surface area (Å²) < 4.78 is 45.1. The second kappa shape index (κ2) is 23.3. The molecule has 75 heavy (non-hydrogen) atoms. The third-order valence-electron chi connectivity index (χ3n) is 13.7. The smallest absolute Gasteiger partial charge is 0.225 e.